The molecule has 0 saturated carbocycles. The van der Waals surface area contributed by atoms with Crippen LogP contribution in [0, 0.1) is 11.8 Å². The topological polar surface area (TPSA) is 89.5 Å². The second-order valence-corrected chi connectivity index (χ2v) is 7.30. The van der Waals surface area contributed by atoms with Crippen molar-refractivity contribution in [2.24, 2.45) is 11.8 Å². The van der Waals surface area contributed by atoms with E-state index in [9.17, 15) is 9.59 Å². The van der Waals surface area contributed by atoms with Crippen LogP contribution in [-0.4, -0.2) is 78.0 Å². The first-order chi connectivity index (χ1) is 15.1. The van der Waals surface area contributed by atoms with E-state index in [2.05, 4.69) is 13.8 Å². The largest absolute Gasteiger partial charge is 0.463 e. The molecule has 0 rings (SSSR count). The average molecular weight is 449 g/mol. The highest BCUT2D eigenvalue weighted by Crippen LogP contribution is 2.19. The van der Waals surface area contributed by atoms with Crippen LogP contribution in [0.2, 0.25) is 0 Å². The van der Waals surface area contributed by atoms with Crippen LogP contribution in [0.25, 0.3) is 0 Å². The molecule has 0 amide bonds. The molecule has 0 fully saturated rings. The van der Waals surface area contributed by atoms with E-state index in [-0.39, 0.29) is 13.2 Å². The zero-order valence-corrected chi connectivity index (χ0v) is 20.0. The van der Waals surface area contributed by atoms with Crippen LogP contribution in [0.4, 0.5) is 0 Å². The fourth-order valence-electron chi connectivity index (χ4n) is 2.67. The quantitative estimate of drug-likeness (QED) is 0.184. The first-order valence-electron chi connectivity index (χ1n) is 11.7. The molecule has 0 aliphatic carbocycles. The predicted octanol–water partition coefficient (Wildman–Crippen LogP) is 3.40. The molecule has 31 heavy (non-hydrogen) atoms. The maximum Gasteiger partial charge on any atom is 0.309 e. The Morgan fingerprint density at radius 2 is 0.968 bits per heavy atom. The van der Waals surface area contributed by atoms with Crippen molar-refractivity contribution in [2.75, 3.05) is 66.1 Å². The Labute approximate surface area is 188 Å². The summed E-state index contributed by atoms with van der Waals surface area (Å²) in [6, 6.07) is 0. The van der Waals surface area contributed by atoms with Gasteiger partial charge in [-0.2, -0.15) is 0 Å². The summed E-state index contributed by atoms with van der Waals surface area (Å²) in [5.74, 6) is -1.96. The third-order valence-corrected chi connectivity index (χ3v) is 4.69. The lowest BCUT2D eigenvalue weighted by Gasteiger charge is -2.20. The third kappa shape index (κ3) is 17.1. The zero-order chi connectivity index (χ0) is 23.2. The third-order valence-electron chi connectivity index (χ3n) is 4.69. The van der Waals surface area contributed by atoms with Crippen molar-refractivity contribution in [3.05, 3.63) is 0 Å². The van der Waals surface area contributed by atoms with Gasteiger partial charge in [-0.05, 0) is 19.3 Å². The number of hydrogen-bond acceptors (Lipinski definition) is 8. The van der Waals surface area contributed by atoms with Gasteiger partial charge in [0.05, 0.1) is 51.5 Å². The number of hydrogen-bond donors (Lipinski definition) is 0. The van der Waals surface area contributed by atoms with E-state index in [1.54, 1.807) is 6.92 Å². The van der Waals surface area contributed by atoms with Gasteiger partial charge in [0.2, 0.25) is 0 Å². The van der Waals surface area contributed by atoms with E-state index < -0.39 is 23.8 Å². The molecule has 0 bridgehead atoms. The molecule has 2 atom stereocenters. The van der Waals surface area contributed by atoms with Crippen LogP contribution >= 0.6 is 0 Å². The number of carbonyl (C=O) groups is 2. The highest BCUT2D eigenvalue weighted by atomic mass is 16.6. The summed E-state index contributed by atoms with van der Waals surface area (Å²) in [4.78, 5) is 24.5. The molecule has 0 aromatic heterocycles. The Bertz CT molecular complexity index is 430. The number of unbranched alkanes of at least 4 members (excludes halogenated alkanes) is 2. The first-order valence-corrected chi connectivity index (χ1v) is 11.7. The summed E-state index contributed by atoms with van der Waals surface area (Å²) >= 11 is 0. The fourth-order valence-corrected chi connectivity index (χ4v) is 2.67. The molecule has 0 saturated heterocycles. The number of carbonyl (C=O) groups excluding carboxylic acids is 2. The lowest BCUT2D eigenvalue weighted by molar-refractivity contribution is -0.162. The zero-order valence-electron chi connectivity index (χ0n) is 20.0. The summed E-state index contributed by atoms with van der Waals surface area (Å²) in [5, 5.41) is 0. The van der Waals surface area contributed by atoms with Gasteiger partial charge in [0.25, 0.3) is 0 Å². The molecular formula is C23H44O8. The fraction of sp³-hybridized carbons (Fsp3) is 0.913. The molecule has 0 aliphatic heterocycles. The summed E-state index contributed by atoms with van der Waals surface area (Å²) < 4.78 is 32.0. The molecule has 0 spiro atoms. The average Bonchev–Trinajstić information content (AvgIpc) is 2.77. The van der Waals surface area contributed by atoms with Crippen LogP contribution in [0.1, 0.15) is 59.8 Å². The second kappa shape index (κ2) is 22.0. The van der Waals surface area contributed by atoms with Crippen LogP contribution < -0.4 is 0 Å². The maximum absolute atomic E-state index is 12.3. The summed E-state index contributed by atoms with van der Waals surface area (Å²) in [6.07, 6.45) is 4.77. The van der Waals surface area contributed by atoms with E-state index >= 15 is 0 Å². The first kappa shape index (κ1) is 29.8. The highest BCUT2D eigenvalue weighted by Gasteiger charge is 2.31. The standard InChI is InChI=1S/C23H44O8/c1-5-8-10-26-12-14-28-16-18-30-22(24)20(4)21(7-3)23(25)31-19-17-29-15-13-27-11-9-6-2/h20-21H,5-19H2,1-4H3. The maximum atomic E-state index is 12.3. The number of rotatable bonds is 22. The SMILES string of the molecule is CCCCOCCOCCOC(=O)C(C)C(CC)C(=O)OCCOCCOCCCC. The predicted molar refractivity (Wildman–Crippen MR) is 118 cm³/mol. The Morgan fingerprint density at radius 1 is 0.581 bits per heavy atom. The summed E-state index contributed by atoms with van der Waals surface area (Å²) in [5.41, 5.74) is 0. The van der Waals surface area contributed by atoms with Crippen molar-refractivity contribution in [3.63, 3.8) is 0 Å². The van der Waals surface area contributed by atoms with Gasteiger partial charge in [-0.3, -0.25) is 9.59 Å². The number of esters is 2. The van der Waals surface area contributed by atoms with Crippen LogP contribution in [0.15, 0.2) is 0 Å². The van der Waals surface area contributed by atoms with Gasteiger partial charge in [-0.1, -0.05) is 40.5 Å². The van der Waals surface area contributed by atoms with Gasteiger partial charge in [0, 0.05) is 13.2 Å². The molecule has 0 aliphatic rings. The van der Waals surface area contributed by atoms with Crippen LogP contribution in [-0.2, 0) is 38.0 Å². The molecule has 0 aromatic carbocycles. The van der Waals surface area contributed by atoms with Crippen molar-refractivity contribution in [1.82, 2.24) is 0 Å². The molecule has 0 heterocycles. The minimum Gasteiger partial charge on any atom is -0.463 e. The van der Waals surface area contributed by atoms with Gasteiger partial charge >= 0.3 is 11.9 Å². The van der Waals surface area contributed by atoms with E-state index in [4.69, 9.17) is 28.4 Å². The van der Waals surface area contributed by atoms with Crippen molar-refractivity contribution in [3.8, 4) is 0 Å². The minimum absolute atomic E-state index is 0.151. The second-order valence-electron chi connectivity index (χ2n) is 7.30. The Morgan fingerprint density at radius 3 is 1.39 bits per heavy atom. The van der Waals surface area contributed by atoms with Crippen molar-refractivity contribution in [1.29, 1.82) is 0 Å². The monoisotopic (exact) mass is 448 g/mol. The van der Waals surface area contributed by atoms with Crippen molar-refractivity contribution >= 4 is 11.9 Å². The van der Waals surface area contributed by atoms with E-state index in [0.717, 1.165) is 38.9 Å². The van der Waals surface area contributed by atoms with E-state index in [1.807, 2.05) is 6.92 Å². The Kier molecular flexibility index (Phi) is 21.1. The smallest absolute Gasteiger partial charge is 0.309 e. The molecule has 8 nitrogen and oxygen atoms in total. The lowest BCUT2D eigenvalue weighted by Crippen LogP contribution is -2.31. The molecule has 0 N–H and O–H groups in total. The molecular weight excluding hydrogens is 404 g/mol. The molecule has 8 heteroatoms. The molecule has 0 radical (unpaired) electrons. The number of ether oxygens (including phenoxy) is 6. The van der Waals surface area contributed by atoms with Gasteiger partial charge in [-0.25, -0.2) is 0 Å². The molecule has 0 aromatic rings. The normalized spacial score (nSPS) is 13.0. The van der Waals surface area contributed by atoms with Crippen LogP contribution in [0.5, 0.6) is 0 Å². The summed E-state index contributed by atoms with van der Waals surface area (Å²) in [6.45, 7) is 12.1. The van der Waals surface area contributed by atoms with Crippen molar-refractivity contribution < 1.29 is 38.0 Å². The van der Waals surface area contributed by atoms with Gasteiger partial charge in [0.1, 0.15) is 13.2 Å². The van der Waals surface area contributed by atoms with Gasteiger partial charge in [-0.15, -0.1) is 0 Å². The van der Waals surface area contributed by atoms with Gasteiger partial charge < -0.3 is 28.4 Å². The summed E-state index contributed by atoms with van der Waals surface area (Å²) in [7, 11) is 0. The van der Waals surface area contributed by atoms with Crippen LogP contribution in [0.3, 0.4) is 0 Å². The molecule has 2 unspecified atom stereocenters. The Hall–Kier alpha value is -1.22. The van der Waals surface area contributed by atoms with Gasteiger partial charge in [0.15, 0.2) is 0 Å². The lowest BCUT2D eigenvalue weighted by atomic mass is 9.92. The molecule has 184 valence electrons. The van der Waals surface area contributed by atoms with E-state index in [1.165, 1.54) is 0 Å². The van der Waals surface area contributed by atoms with Crippen molar-refractivity contribution in [2.45, 2.75) is 59.8 Å². The Balaban J connectivity index is 3.85. The minimum atomic E-state index is -0.581. The highest BCUT2D eigenvalue weighted by molar-refractivity contribution is 5.81. The van der Waals surface area contributed by atoms with E-state index in [0.29, 0.717) is 46.1 Å².